The number of nitrogens with zero attached hydrogens (tertiary/aromatic N) is 5. The van der Waals surface area contributed by atoms with E-state index in [1.54, 1.807) is 6.20 Å². The predicted molar refractivity (Wildman–Crippen MR) is 137 cm³/mol. The van der Waals surface area contributed by atoms with Gasteiger partial charge in [-0.1, -0.05) is 19.3 Å². The molecule has 3 aromatic rings. The molecule has 4 heterocycles. The van der Waals surface area contributed by atoms with Crippen molar-refractivity contribution in [3.8, 4) is 11.3 Å². The molecule has 3 fully saturated rings. The molecule has 0 amide bonds. The van der Waals surface area contributed by atoms with E-state index in [2.05, 4.69) is 30.7 Å². The van der Waals surface area contributed by atoms with Crippen LogP contribution in [0.1, 0.15) is 57.8 Å². The summed E-state index contributed by atoms with van der Waals surface area (Å²) in [4.78, 5) is 16.8. The van der Waals surface area contributed by atoms with Gasteiger partial charge >= 0.3 is 0 Å². The highest BCUT2D eigenvalue weighted by Crippen LogP contribution is 2.33. The Kier molecular flexibility index (Phi) is 6.77. The molecule has 1 saturated heterocycles. The number of H-pyrrole nitrogens is 1. The van der Waals surface area contributed by atoms with Crippen molar-refractivity contribution in [2.75, 3.05) is 36.9 Å². The van der Waals surface area contributed by atoms with E-state index < -0.39 is 0 Å². The number of hydrogen-bond acceptors (Lipinski definition) is 8. The minimum Gasteiger partial charge on any atom is -0.379 e. The summed E-state index contributed by atoms with van der Waals surface area (Å²) < 4.78 is 5.53. The minimum absolute atomic E-state index is 0.396. The fraction of sp³-hybridized carbons (Fsp3) is 0.615. The van der Waals surface area contributed by atoms with Crippen LogP contribution in [0.4, 0.5) is 11.8 Å². The van der Waals surface area contributed by atoms with Crippen LogP contribution in [0.2, 0.25) is 0 Å². The molecule has 9 heteroatoms. The third kappa shape index (κ3) is 5.11. The molecule has 3 aliphatic rings. The summed E-state index contributed by atoms with van der Waals surface area (Å²) >= 11 is 0. The van der Waals surface area contributed by atoms with Gasteiger partial charge in [-0.3, -0.25) is 15.0 Å². The van der Waals surface area contributed by atoms with Crippen LogP contribution in [-0.4, -0.2) is 74.5 Å². The number of hydrogen-bond donors (Lipinski definition) is 3. The van der Waals surface area contributed by atoms with Gasteiger partial charge in [-0.05, 0) is 50.7 Å². The van der Waals surface area contributed by atoms with Gasteiger partial charge in [-0.25, -0.2) is 0 Å². The Morgan fingerprint density at radius 2 is 1.71 bits per heavy atom. The van der Waals surface area contributed by atoms with Crippen LogP contribution in [0.5, 0.6) is 0 Å². The average molecular weight is 477 g/mol. The van der Waals surface area contributed by atoms with E-state index in [1.807, 2.05) is 18.3 Å². The molecule has 0 unspecified atom stereocenters. The molecular weight excluding hydrogens is 440 g/mol. The van der Waals surface area contributed by atoms with Crippen molar-refractivity contribution in [2.24, 2.45) is 0 Å². The first-order valence-corrected chi connectivity index (χ1v) is 13.3. The van der Waals surface area contributed by atoms with Gasteiger partial charge in [0.2, 0.25) is 5.95 Å². The van der Waals surface area contributed by atoms with Gasteiger partial charge in [-0.2, -0.15) is 15.1 Å². The quantitative estimate of drug-likeness (QED) is 0.486. The maximum absolute atomic E-state index is 5.53. The van der Waals surface area contributed by atoms with E-state index in [0.29, 0.717) is 24.1 Å². The second kappa shape index (κ2) is 10.5. The Morgan fingerprint density at radius 3 is 2.49 bits per heavy atom. The van der Waals surface area contributed by atoms with Crippen LogP contribution in [0.15, 0.2) is 24.5 Å². The zero-order valence-electron chi connectivity index (χ0n) is 20.4. The van der Waals surface area contributed by atoms with Crippen LogP contribution in [0, 0.1) is 0 Å². The molecule has 3 N–H and O–H groups in total. The van der Waals surface area contributed by atoms with Crippen molar-refractivity contribution in [1.29, 1.82) is 0 Å². The van der Waals surface area contributed by atoms with Gasteiger partial charge in [-0.15, -0.1) is 0 Å². The molecule has 186 valence electrons. The van der Waals surface area contributed by atoms with Crippen LogP contribution in [0.25, 0.3) is 22.3 Å². The molecule has 0 radical (unpaired) electrons. The molecule has 2 saturated carbocycles. The largest absolute Gasteiger partial charge is 0.379 e. The number of pyridine rings is 1. The van der Waals surface area contributed by atoms with Crippen molar-refractivity contribution >= 4 is 22.8 Å². The lowest BCUT2D eigenvalue weighted by Gasteiger charge is -2.38. The highest BCUT2D eigenvalue weighted by molar-refractivity contribution is 5.99. The first-order chi connectivity index (χ1) is 17.3. The highest BCUT2D eigenvalue weighted by Gasteiger charge is 2.28. The molecule has 2 aliphatic carbocycles. The number of ether oxygens (including phenoxy) is 1. The Labute approximate surface area is 206 Å². The van der Waals surface area contributed by atoms with Crippen LogP contribution in [-0.2, 0) is 4.74 Å². The molecule has 6 rings (SSSR count). The fourth-order valence-corrected chi connectivity index (χ4v) is 5.96. The monoisotopic (exact) mass is 476 g/mol. The van der Waals surface area contributed by atoms with E-state index in [4.69, 9.17) is 14.7 Å². The zero-order chi connectivity index (χ0) is 23.5. The van der Waals surface area contributed by atoms with E-state index >= 15 is 0 Å². The second-order valence-electron chi connectivity index (χ2n) is 10.2. The van der Waals surface area contributed by atoms with E-state index in [9.17, 15) is 0 Å². The Balaban J connectivity index is 1.23. The topological polar surface area (TPSA) is 104 Å². The van der Waals surface area contributed by atoms with E-state index in [0.717, 1.165) is 67.3 Å². The molecule has 9 nitrogen and oxygen atoms in total. The number of anilines is 2. The van der Waals surface area contributed by atoms with Gasteiger partial charge < -0.3 is 15.4 Å². The number of fused-ring (bicyclic) bond motifs is 1. The van der Waals surface area contributed by atoms with Crippen molar-refractivity contribution < 1.29 is 4.74 Å². The van der Waals surface area contributed by atoms with Gasteiger partial charge in [0.1, 0.15) is 11.5 Å². The summed E-state index contributed by atoms with van der Waals surface area (Å²) in [6.07, 6.45) is 14.5. The molecule has 3 aromatic heterocycles. The Bertz CT molecular complexity index is 1100. The summed E-state index contributed by atoms with van der Waals surface area (Å²) in [5.74, 6) is 1.56. The maximum atomic E-state index is 5.53. The second-order valence-corrected chi connectivity index (χ2v) is 10.2. The summed E-state index contributed by atoms with van der Waals surface area (Å²) in [5.41, 5.74) is 2.59. The summed E-state index contributed by atoms with van der Waals surface area (Å²) in [5, 5.41) is 16.1. The number of nitrogens with one attached hydrogen (secondary N) is 3. The van der Waals surface area contributed by atoms with Crippen LogP contribution in [0.3, 0.4) is 0 Å². The minimum atomic E-state index is 0.396. The zero-order valence-corrected chi connectivity index (χ0v) is 20.4. The van der Waals surface area contributed by atoms with Gasteiger partial charge in [0.05, 0.1) is 18.6 Å². The summed E-state index contributed by atoms with van der Waals surface area (Å²) in [6, 6.07) is 5.49. The number of rotatable bonds is 6. The first-order valence-electron chi connectivity index (χ1n) is 13.3. The molecule has 0 atom stereocenters. The molecule has 1 aliphatic heterocycles. The third-order valence-electron chi connectivity index (χ3n) is 7.89. The number of morpholine rings is 1. The summed E-state index contributed by atoms with van der Waals surface area (Å²) in [6.45, 7) is 3.87. The SMILES string of the molecule is c1cncc(-c2n[nH]c3nc(NC4CCC(N5CCOCC5)CC4)nc(NC4CCCCC4)c23)c1. The third-order valence-corrected chi connectivity index (χ3v) is 7.89. The van der Waals surface area contributed by atoms with Crippen molar-refractivity contribution in [1.82, 2.24) is 30.0 Å². The van der Waals surface area contributed by atoms with Gasteiger partial charge in [0.25, 0.3) is 0 Å². The van der Waals surface area contributed by atoms with E-state index in [1.165, 1.54) is 44.9 Å². The van der Waals surface area contributed by atoms with Crippen LogP contribution >= 0.6 is 0 Å². The van der Waals surface area contributed by atoms with Crippen LogP contribution < -0.4 is 10.6 Å². The molecule has 0 spiro atoms. The molecular formula is C26H36N8O. The Morgan fingerprint density at radius 1 is 0.914 bits per heavy atom. The Hall–Kier alpha value is -2.78. The lowest BCUT2D eigenvalue weighted by Crippen LogP contribution is -2.46. The highest BCUT2D eigenvalue weighted by atomic mass is 16.5. The standard InChI is InChI=1S/C26H36N8O/c1-2-6-19(7-3-1)28-24-22-23(18-5-4-12-27-17-18)32-33-25(22)31-26(30-24)29-20-8-10-21(11-9-20)34-13-15-35-16-14-34/h4-5,12,17,19-21H,1-3,6-11,13-16H2,(H3,28,29,30,31,32,33). The van der Waals surface area contributed by atoms with Gasteiger partial charge in [0.15, 0.2) is 5.65 Å². The normalized spacial score (nSPS) is 24.5. The smallest absolute Gasteiger partial charge is 0.226 e. The number of aromatic nitrogens is 5. The fourth-order valence-electron chi connectivity index (χ4n) is 5.96. The molecule has 0 aromatic carbocycles. The van der Waals surface area contributed by atoms with E-state index in [-0.39, 0.29) is 0 Å². The predicted octanol–water partition coefficient (Wildman–Crippen LogP) is 4.21. The number of aromatic amines is 1. The lowest BCUT2D eigenvalue weighted by atomic mass is 9.90. The summed E-state index contributed by atoms with van der Waals surface area (Å²) in [7, 11) is 0. The van der Waals surface area contributed by atoms with Crippen molar-refractivity contribution in [3.63, 3.8) is 0 Å². The average Bonchev–Trinajstić information content (AvgIpc) is 3.35. The lowest BCUT2D eigenvalue weighted by molar-refractivity contribution is 0.00790. The van der Waals surface area contributed by atoms with Crippen molar-refractivity contribution in [3.05, 3.63) is 24.5 Å². The maximum Gasteiger partial charge on any atom is 0.226 e. The first kappa shape index (κ1) is 22.7. The van der Waals surface area contributed by atoms with Gasteiger partial charge in [0, 0.05) is 49.2 Å². The molecule has 0 bridgehead atoms. The molecule has 35 heavy (non-hydrogen) atoms. The van der Waals surface area contributed by atoms with Crippen molar-refractivity contribution in [2.45, 2.75) is 75.9 Å².